The Balaban J connectivity index is 1.56. The van der Waals surface area contributed by atoms with Crippen molar-refractivity contribution < 1.29 is 27.4 Å². The number of aromatic nitrogens is 4. The summed E-state index contributed by atoms with van der Waals surface area (Å²) in [6.07, 6.45) is -4.78. The number of benzene rings is 2. The summed E-state index contributed by atoms with van der Waals surface area (Å²) >= 11 is 0. The summed E-state index contributed by atoms with van der Waals surface area (Å²) in [6, 6.07) is 8.97. The number of halogens is 3. The van der Waals surface area contributed by atoms with E-state index in [1.165, 1.54) is 18.2 Å². The average molecular weight is 448 g/mol. The van der Waals surface area contributed by atoms with E-state index >= 15 is 0 Å². The number of H-pyrrole nitrogens is 1. The van der Waals surface area contributed by atoms with Gasteiger partial charge in [-0.05, 0) is 30.3 Å². The number of amides is 1. The first-order chi connectivity index (χ1) is 15.2. The van der Waals surface area contributed by atoms with E-state index in [9.17, 15) is 18.0 Å². The molecule has 168 valence electrons. The number of rotatable bonds is 7. The first-order valence-corrected chi connectivity index (χ1v) is 9.49. The van der Waals surface area contributed by atoms with Crippen molar-refractivity contribution in [3.63, 3.8) is 0 Å². The van der Waals surface area contributed by atoms with Gasteiger partial charge in [0.05, 0.1) is 28.7 Å². The second kappa shape index (κ2) is 8.38. The minimum Gasteiger partial charge on any atom is -0.406 e. The average Bonchev–Trinajstić information content (AvgIpc) is 3.26. The smallest absolute Gasteiger partial charge is 0.406 e. The lowest BCUT2D eigenvalue weighted by Gasteiger charge is -2.07. The Kier molecular flexibility index (Phi) is 5.61. The van der Waals surface area contributed by atoms with Gasteiger partial charge in [0.25, 0.3) is 5.91 Å². The summed E-state index contributed by atoms with van der Waals surface area (Å²) in [5, 5.41) is 5.76. The highest BCUT2D eigenvalue weighted by atomic mass is 19.4. The lowest BCUT2D eigenvalue weighted by Crippen LogP contribution is -2.26. The van der Waals surface area contributed by atoms with Crippen molar-refractivity contribution >= 4 is 39.9 Å². The summed E-state index contributed by atoms with van der Waals surface area (Å²) in [5.74, 6) is 0.128. The molecule has 0 unspecified atom stereocenters. The van der Waals surface area contributed by atoms with Gasteiger partial charge in [0.2, 0.25) is 11.9 Å². The van der Waals surface area contributed by atoms with Gasteiger partial charge in [-0.2, -0.15) is 0 Å². The summed E-state index contributed by atoms with van der Waals surface area (Å²) < 4.78 is 47.9. The normalized spacial score (nSPS) is 11.8. The van der Waals surface area contributed by atoms with E-state index in [1.54, 1.807) is 36.9 Å². The predicted molar refractivity (Wildman–Crippen MR) is 111 cm³/mol. The number of nitrogens with one attached hydrogen (secondary N) is 3. The lowest BCUT2D eigenvalue weighted by atomic mass is 10.2. The molecule has 1 amide bonds. The molecule has 0 saturated heterocycles. The van der Waals surface area contributed by atoms with Crippen LogP contribution in [0.25, 0.3) is 22.1 Å². The number of aryl methyl sites for hydroxylation is 1. The molecule has 0 atom stereocenters. The third-order valence-corrected chi connectivity index (χ3v) is 4.65. The van der Waals surface area contributed by atoms with Crippen molar-refractivity contribution in [1.82, 2.24) is 24.8 Å². The summed E-state index contributed by atoms with van der Waals surface area (Å²) in [5.41, 5.74) is 2.64. The van der Waals surface area contributed by atoms with Crippen LogP contribution in [0.4, 0.5) is 25.1 Å². The number of fused-ring (bicyclic) bond motifs is 2. The molecule has 12 heteroatoms. The van der Waals surface area contributed by atoms with Crippen molar-refractivity contribution in [2.24, 2.45) is 7.05 Å². The topological polar surface area (TPSA) is 106 Å². The van der Waals surface area contributed by atoms with Crippen LogP contribution in [0.15, 0.2) is 36.4 Å². The number of imidazole rings is 2. The highest BCUT2D eigenvalue weighted by Gasteiger charge is 2.31. The molecular weight excluding hydrogens is 429 g/mol. The second-order valence-electron chi connectivity index (χ2n) is 6.88. The van der Waals surface area contributed by atoms with Crippen LogP contribution in [0.5, 0.6) is 5.75 Å². The quantitative estimate of drug-likeness (QED) is 0.374. The van der Waals surface area contributed by atoms with Crippen molar-refractivity contribution in [1.29, 1.82) is 0 Å². The lowest BCUT2D eigenvalue weighted by molar-refractivity contribution is -0.274. The van der Waals surface area contributed by atoms with Gasteiger partial charge >= 0.3 is 6.36 Å². The number of anilines is 2. The Bertz CT molecular complexity index is 1280. The number of aromatic amines is 1. The minimum atomic E-state index is -4.78. The zero-order valence-electron chi connectivity index (χ0n) is 17.1. The molecule has 0 aliphatic heterocycles. The fraction of sp³-hybridized carbons (Fsp3) is 0.250. The molecule has 0 aliphatic carbocycles. The third kappa shape index (κ3) is 4.59. The summed E-state index contributed by atoms with van der Waals surface area (Å²) in [7, 11) is 3.34. The zero-order chi connectivity index (χ0) is 22.9. The molecular formula is C20H19F3N6O3. The number of hydrogen-bond acceptors (Lipinski definition) is 6. The van der Waals surface area contributed by atoms with Gasteiger partial charge < -0.3 is 24.3 Å². The van der Waals surface area contributed by atoms with E-state index in [2.05, 4.69) is 30.3 Å². The van der Waals surface area contributed by atoms with E-state index in [-0.39, 0.29) is 11.7 Å². The molecule has 2 heterocycles. The minimum absolute atomic E-state index is 0.238. The van der Waals surface area contributed by atoms with Crippen LogP contribution in [-0.4, -0.2) is 52.1 Å². The van der Waals surface area contributed by atoms with Gasteiger partial charge in [-0.3, -0.25) is 10.1 Å². The molecule has 0 spiro atoms. The molecule has 4 rings (SSSR count). The number of carbonyl (C=O) groups excluding carboxylic acids is 1. The number of alkyl halides is 3. The van der Waals surface area contributed by atoms with Crippen molar-refractivity contribution in [2.75, 3.05) is 25.6 Å². The molecule has 2 aromatic carbocycles. The van der Waals surface area contributed by atoms with Crippen LogP contribution >= 0.6 is 0 Å². The van der Waals surface area contributed by atoms with Gasteiger partial charge in [-0.15, -0.1) is 13.2 Å². The van der Waals surface area contributed by atoms with Gasteiger partial charge in [0.1, 0.15) is 5.75 Å². The molecule has 32 heavy (non-hydrogen) atoms. The van der Waals surface area contributed by atoms with Crippen LogP contribution in [0.3, 0.4) is 0 Å². The molecule has 0 bridgehead atoms. The van der Waals surface area contributed by atoms with Crippen molar-refractivity contribution in [3.8, 4) is 5.75 Å². The van der Waals surface area contributed by atoms with Crippen molar-refractivity contribution in [2.45, 2.75) is 6.36 Å². The fourth-order valence-corrected chi connectivity index (χ4v) is 3.17. The Labute approximate surface area is 179 Å². The second-order valence-corrected chi connectivity index (χ2v) is 6.88. The highest BCUT2D eigenvalue weighted by molar-refractivity contribution is 5.97. The maximum absolute atomic E-state index is 12.4. The van der Waals surface area contributed by atoms with Gasteiger partial charge in [-0.25, -0.2) is 9.97 Å². The molecule has 9 nitrogen and oxygen atoms in total. The van der Waals surface area contributed by atoms with E-state index < -0.39 is 6.36 Å². The van der Waals surface area contributed by atoms with Crippen LogP contribution < -0.4 is 15.4 Å². The van der Waals surface area contributed by atoms with E-state index in [0.717, 1.165) is 5.52 Å². The van der Waals surface area contributed by atoms with Crippen LogP contribution in [-0.2, 0) is 11.8 Å². The predicted octanol–water partition coefficient (Wildman–Crippen LogP) is 3.47. The van der Waals surface area contributed by atoms with Crippen LogP contribution in [0.2, 0.25) is 0 Å². The molecule has 0 radical (unpaired) electrons. The van der Waals surface area contributed by atoms with Crippen molar-refractivity contribution in [3.05, 3.63) is 42.0 Å². The molecule has 0 aliphatic rings. The fourth-order valence-electron chi connectivity index (χ4n) is 3.17. The Morgan fingerprint density at radius 2 is 1.97 bits per heavy atom. The third-order valence-electron chi connectivity index (χ3n) is 4.65. The maximum atomic E-state index is 12.4. The zero-order valence-corrected chi connectivity index (χ0v) is 17.1. The van der Waals surface area contributed by atoms with E-state index in [1.807, 2.05) is 0 Å². The van der Waals surface area contributed by atoms with Gasteiger partial charge in [-0.1, -0.05) is 0 Å². The molecule has 0 saturated carbocycles. The molecule has 3 N–H and O–H groups in total. The van der Waals surface area contributed by atoms with Crippen LogP contribution in [0.1, 0.15) is 10.4 Å². The monoisotopic (exact) mass is 448 g/mol. The Morgan fingerprint density at radius 1 is 1.16 bits per heavy atom. The molecule has 4 aromatic rings. The first kappa shape index (κ1) is 21.4. The van der Waals surface area contributed by atoms with E-state index in [0.29, 0.717) is 47.2 Å². The number of nitrogens with zero attached hydrogens (tertiary/aromatic N) is 3. The Morgan fingerprint density at radius 3 is 2.72 bits per heavy atom. The highest BCUT2D eigenvalue weighted by Crippen LogP contribution is 2.27. The first-order valence-electron chi connectivity index (χ1n) is 9.49. The maximum Gasteiger partial charge on any atom is 0.573 e. The number of ether oxygens (including phenoxy) is 2. The number of carbonyl (C=O) groups is 1. The van der Waals surface area contributed by atoms with Gasteiger partial charge in [0.15, 0.2) is 0 Å². The SMILES string of the molecule is COCCNC(=O)c1ccc2c(c1)nc(Nc1nc3cc(OC(F)(F)F)ccc3[nH]1)n2C. The van der Waals surface area contributed by atoms with Crippen LogP contribution in [0, 0.1) is 0 Å². The van der Waals surface area contributed by atoms with E-state index in [4.69, 9.17) is 4.74 Å². The number of methoxy groups -OCH3 is 1. The molecule has 2 aromatic heterocycles. The molecule has 0 fully saturated rings. The van der Waals surface area contributed by atoms with Gasteiger partial charge in [0, 0.05) is 32.3 Å². The Hall–Kier alpha value is -3.80. The summed E-state index contributed by atoms with van der Waals surface area (Å²) in [4.78, 5) is 24.0. The summed E-state index contributed by atoms with van der Waals surface area (Å²) in [6.45, 7) is 0.803. The standard InChI is InChI=1S/C20H19F3N6O3/c1-29-16-6-3-11(17(30)24-7-8-31-2)9-15(16)27-19(29)28-18-25-13-5-4-12(10-14(13)26-18)32-20(21,22)23/h3-6,9-10H,7-8H2,1-2H3,(H,24,30)(H2,25,26,27,28). The number of hydrogen-bond donors (Lipinski definition) is 3. The largest absolute Gasteiger partial charge is 0.573 e.